The first-order valence-electron chi connectivity index (χ1n) is 4.33. The Labute approximate surface area is 85.6 Å². The Morgan fingerprint density at radius 2 is 1.93 bits per heavy atom. The molecule has 0 N–H and O–H groups in total. The molecule has 1 aromatic carbocycles. The van der Waals surface area contributed by atoms with Crippen LogP contribution in [0.4, 0.5) is 8.78 Å². The molecule has 75 valence electrons. The van der Waals surface area contributed by atoms with Gasteiger partial charge in [-0.3, -0.25) is 0 Å². The molecule has 2 aromatic rings. The average molecular weight is 205 g/mol. The molecule has 0 amide bonds. The minimum atomic E-state index is -0.868. The van der Waals surface area contributed by atoms with E-state index >= 15 is 0 Å². The fourth-order valence-electron chi connectivity index (χ4n) is 1.16. The molecule has 1 heterocycles. The van der Waals surface area contributed by atoms with Gasteiger partial charge in [0.2, 0.25) is 0 Å². The SMILES string of the molecule is Fc1ccc([CH]c2cccnn2)cc1F. The lowest BCUT2D eigenvalue weighted by Gasteiger charge is -2.00. The molecule has 2 rings (SSSR count). The topological polar surface area (TPSA) is 25.8 Å². The number of aromatic nitrogens is 2. The van der Waals surface area contributed by atoms with Gasteiger partial charge in [-0.1, -0.05) is 6.07 Å². The fourth-order valence-corrected chi connectivity index (χ4v) is 1.16. The Morgan fingerprint density at radius 3 is 2.60 bits per heavy atom. The summed E-state index contributed by atoms with van der Waals surface area (Å²) in [4.78, 5) is 0. The molecule has 4 heteroatoms. The van der Waals surface area contributed by atoms with Crippen LogP contribution in [0.2, 0.25) is 0 Å². The van der Waals surface area contributed by atoms with Gasteiger partial charge in [0.25, 0.3) is 0 Å². The minimum Gasteiger partial charge on any atom is -0.204 e. The highest BCUT2D eigenvalue weighted by molar-refractivity contribution is 5.32. The van der Waals surface area contributed by atoms with E-state index in [-0.39, 0.29) is 0 Å². The molecule has 0 aliphatic heterocycles. The van der Waals surface area contributed by atoms with Gasteiger partial charge in [-0.15, -0.1) is 0 Å². The van der Waals surface area contributed by atoms with E-state index in [4.69, 9.17) is 0 Å². The molecule has 0 saturated carbocycles. The first-order chi connectivity index (χ1) is 7.25. The summed E-state index contributed by atoms with van der Waals surface area (Å²) in [7, 11) is 0. The number of rotatable bonds is 2. The van der Waals surface area contributed by atoms with Crippen molar-refractivity contribution in [2.24, 2.45) is 0 Å². The summed E-state index contributed by atoms with van der Waals surface area (Å²) < 4.78 is 25.5. The van der Waals surface area contributed by atoms with Crippen molar-refractivity contribution in [2.45, 2.75) is 0 Å². The second kappa shape index (κ2) is 4.13. The van der Waals surface area contributed by atoms with Crippen LogP contribution in [0.1, 0.15) is 11.3 Å². The zero-order valence-corrected chi connectivity index (χ0v) is 7.69. The van der Waals surface area contributed by atoms with Gasteiger partial charge in [-0.25, -0.2) is 8.78 Å². The van der Waals surface area contributed by atoms with Crippen molar-refractivity contribution in [1.29, 1.82) is 0 Å². The maximum atomic E-state index is 12.9. The molecule has 0 aliphatic carbocycles. The third-order valence-electron chi connectivity index (χ3n) is 1.85. The first kappa shape index (κ1) is 9.71. The van der Waals surface area contributed by atoms with E-state index in [2.05, 4.69) is 10.2 Å². The summed E-state index contributed by atoms with van der Waals surface area (Å²) in [6, 6.07) is 7.13. The van der Waals surface area contributed by atoms with Gasteiger partial charge in [0.15, 0.2) is 11.6 Å². The highest BCUT2D eigenvalue weighted by Crippen LogP contribution is 2.13. The molecule has 1 aromatic heterocycles. The van der Waals surface area contributed by atoms with Crippen LogP contribution >= 0.6 is 0 Å². The molecule has 15 heavy (non-hydrogen) atoms. The maximum absolute atomic E-state index is 12.9. The Morgan fingerprint density at radius 1 is 1.07 bits per heavy atom. The van der Waals surface area contributed by atoms with Crippen molar-refractivity contribution in [3.05, 3.63) is 65.8 Å². The van der Waals surface area contributed by atoms with Gasteiger partial charge < -0.3 is 0 Å². The molecule has 2 nitrogen and oxygen atoms in total. The molecule has 0 spiro atoms. The second-order valence-corrected chi connectivity index (χ2v) is 2.97. The van der Waals surface area contributed by atoms with Crippen LogP contribution in [0, 0.1) is 18.1 Å². The summed E-state index contributed by atoms with van der Waals surface area (Å²) in [6.45, 7) is 0. The molecule has 0 saturated heterocycles. The standard InChI is InChI=1S/C11H7F2N2/c12-10-4-3-8(7-11(10)13)6-9-2-1-5-14-15-9/h1-7H. The predicted octanol–water partition coefficient (Wildman–Crippen LogP) is 2.36. The van der Waals surface area contributed by atoms with Crippen LogP contribution in [0.25, 0.3) is 0 Å². The van der Waals surface area contributed by atoms with E-state index < -0.39 is 11.6 Å². The van der Waals surface area contributed by atoms with Crippen molar-refractivity contribution < 1.29 is 8.78 Å². The second-order valence-electron chi connectivity index (χ2n) is 2.97. The van der Waals surface area contributed by atoms with E-state index in [0.717, 1.165) is 12.1 Å². The Balaban J connectivity index is 2.22. The number of nitrogens with zero attached hydrogens (tertiary/aromatic N) is 2. The van der Waals surface area contributed by atoms with Gasteiger partial charge >= 0.3 is 0 Å². The normalized spacial score (nSPS) is 10.3. The van der Waals surface area contributed by atoms with E-state index in [9.17, 15) is 8.78 Å². The van der Waals surface area contributed by atoms with Crippen LogP contribution < -0.4 is 0 Å². The summed E-state index contributed by atoms with van der Waals surface area (Å²) in [5, 5.41) is 7.48. The number of halogens is 2. The molecule has 0 unspecified atom stereocenters. The van der Waals surface area contributed by atoms with Gasteiger partial charge in [-0.2, -0.15) is 10.2 Å². The Hall–Kier alpha value is -1.84. The van der Waals surface area contributed by atoms with E-state index in [1.807, 2.05) is 0 Å². The summed E-state index contributed by atoms with van der Waals surface area (Å²) in [5.74, 6) is -1.72. The van der Waals surface area contributed by atoms with E-state index in [1.165, 1.54) is 6.07 Å². The lowest BCUT2D eigenvalue weighted by molar-refractivity contribution is 0.508. The van der Waals surface area contributed by atoms with Gasteiger partial charge in [0.1, 0.15) is 0 Å². The quantitative estimate of drug-likeness (QED) is 0.752. The zero-order valence-electron chi connectivity index (χ0n) is 7.69. The van der Waals surface area contributed by atoms with Crippen LogP contribution in [0.5, 0.6) is 0 Å². The van der Waals surface area contributed by atoms with Crippen molar-refractivity contribution in [3.8, 4) is 0 Å². The Kier molecular flexibility index (Phi) is 2.67. The van der Waals surface area contributed by atoms with Crippen molar-refractivity contribution in [1.82, 2.24) is 10.2 Å². The Bertz CT molecular complexity index is 457. The highest BCUT2D eigenvalue weighted by Gasteiger charge is 2.04. The van der Waals surface area contributed by atoms with Crippen molar-refractivity contribution >= 4 is 0 Å². The predicted molar refractivity (Wildman–Crippen MR) is 50.9 cm³/mol. The maximum Gasteiger partial charge on any atom is 0.159 e. The number of hydrogen-bond acceptors (Lipinski definition) is 2. The summed E-state index contributed by atoms with van der Waals surface area (Å²) >= 11 is 0. The molecule has 0 bridgehead atoms. The third kappa shape index (κ3) is 2.34. The summed E-state index contributed by atoms with van der Waals surface area (Å²) in [5.41, 5.74) is 1.15. The van der Waals surface area contributed by atoms with E-state index in [0.29, 0.717) is 11.3 Å². The smallest absolute Gasteiger partial charge is 0.159 e. The molecule has 0 fully saturated rings. The van der Waals surface area contributed by atoms with Gasteiger partial charge in [-0.05, 0) is 29.8 Å². The summed E-state index contributed by atoms with van der Waals surface area (Å²) in [6.07, 6.45) is 3.16. The van der Waals surface area contributed by atoms with Crippen molar-refractivity contribution in [2.75, 3.05) is 0 Å². The van der Waals surface area contributed by atoms with Crippen LogP contribution in [-0.2, 0) is 0 Å². The molecule has 0 atom stereocenters. The van der Waals surface area contributed by atoms with Gasteiger partial charge in [0, 0.05) is 12.6 Å². The van der Waals surface area contributed by atoms with Crippen molar-refractivity contribution in [3.63, 3.8) is 0 Å². The molecule has 1 radical (unpaired) electrons. The zero-order chi connectivity index (χ0) is 10.7. The largest absolute Gasteiger partial charge is 0.204 e. The molecular formula is C11H7F2N2. The average Bonchev–Trinajstić information content (AvgIpc) is 2.25. The van der Waals surface area contributed by atoms with Gasteiger partial charge in [0.05, 0.1) is 5.69 Å². The monoisotopic (exact) mass is 205 g/mol. The fraction of sp³-hybridized carbons (Fsp3) is 0. The van der Waals surface area contributed by atoms with Crippen LogP contribution in [-0.4, -0.2) is 10.2 Å². The highest BCUT2D eigenvalue weighted by atomic mass is 19.2. The lowest BCUT2D eigenvalue weighted by atomic mass is 10.1. The van der Waals surface area contributed by atoms with E-state index in [1.54, 1.807) is 24.8 Å². The number of benzene rings is 1. The third-order valence-corrected chi connectivity index (χ3v) is 1.85. The lowest BCUT2D eigenvalue weighted by Crippen LogP contribution is -1.93. The minimum absolute atomic E-state index is 0.550. The number of hydrogen-bond donors (Lipinski definition) is 0. The first-order valence-corrected chi connectivity index (χ1v) is 4.33. The molecule has 0 aliphatic rings. The van der Waals surface area contributed by atoms with Crippen LogP contribution in [0.15, 0.2) is 36.5 Å². The van der Waals surface area contributed by atoms with Crippen LogP contribution in [0.3, 0.4) is 0 Å². The molecular weight excluding hydrogens is 198 g/mol.